The number of anilines is 1. The summed E-state index contributed by atoms with van der Waals surface area (Å²) in [7, 11) is 1.59. The van der Waals surface area contributed by atoms with Crippen LogP contribution in [0.4, 0.5) is 19.0 Å². The van der Waals surface area contributed by atoms with Crippen LogP contribution in [0.3, 0.4) is 0 Å². The van der Waals surface area contributed by atoms with Gasteiger partial charge in [0, 0.05) is 32.9 Å². The molecule has 0 aliphatic rings. The first-order valence-electron chi connectivity index (χ1n) is 5.51. The van der Waals surface area contributed by atoms with Gasteiger partial charge in [-0.3, -0.25) is 0 Å². The van der Waals surface area contributed by atoms with Crippen LogP contribution < -0.4 is 10.6 Å². The lowest BCUT2D eigenvalue weighted by atomic mass is 10.2. The highest BCUT2D eigenvalue weighted by atomic mass is 19.4. The van der Waals surface area contributed by atoms with Crippen molar-refractivity contribution in [2.75, 3.05) is 38.7 Å². The maximum absolute atomic E-state index is 12.6. The third-order valence-electron chi connectivity index (χ3n) is 2.19. The van der Waals surface area contributed by atoms with Gasteiger partial charge in [0.2, 0.25) is 0 Å². The van der Waals surface area contributed by atoms with E-state index < -0.39 is 11.7 Å². The van der Waals surface area contributed by atoms with E-state index in [-0.39, 0.29) is 5.82 Å². The van der Waals surface area contributed by atoms with Gasteiger partial charge >= 0.3 is 6.18 Å². The van der Waals surface area contributed by atoms with Crippen LogP contribution in [0.2, 0.25) is 0 Å². The van der Waals surface area contributed by atoms with Gasteiger partial charge in [-0.2, -0.15) is 13.2 Å². The summed E-state index contributed by atoms with van der Waals surface area (Å²) in [6.45, 7) is 2.13. The molecule has 1 heterocycles. The van der Waals surface area contributed by atoms with Crippen molar-refractivity contribution in [1.82, 2.24) is 10.3 Å². The minimum atomic E-state index is -4.39. The molecular formula is C11H16F3N3O. The fourth-order valence-corrected chi connectivity index (χ4v) is 1.34. The van der Waals surface area contributed by atoms with E-state index in [4.69, 9.17) is 4.74 Å². The number of rotatable bonds is 7. The lowest BCUT2D eigenvalue weighted by Crippen LogP contribution is -2.26. The monoisotopic (exact) mass is 263 g/mol. The Hall–Kier alpha value is -1.34. The molecule has 0 aromatic carbocycles. The molecule has 0 amide bonds. The maximum atomic E-state index is 12.6. The second kappa shape index (κ2) is 7.17. The number of methoxy groups -OCH3 is 1. The summed E-state index contributed by atoms with van der Waals surface area (Å²) in [5.41, 5.74) is -0.748. The normalized spacial score (nSPS) is 11.6. The zero-order valence-corrected chi connectivity index (χ0v) is 10.0. The number of alkyl halides is 3. The van der Waals surface area contributed by atoms with Gasteiger partial charge in [-0.05, 0) is 12.1 Å². The first kappa shape index (κ1) is 14.7. The van der Waals surface area contributed by atoms with Crippen molar-refractivity contribution >= 4 is 5.82 Å². The van der Waals surface area contributed by atoms with Crippen molar-refractivity contribution < 1.29 is 17.9 Å². The summed E-state index contributed by atoms with van der Waals surface area (Å²) in [5, 5.41) is 5.68. The Labute approximate surface area is 104 Å². The molecule has 7 heteroatoms. The molecule has 0 unspecified atom stereocenters. The molecule has 2 N–H and O–H groups in total. The van der Waals surface area contributed by atoms with Crippen LogP contribution in [0.5, 0.6) is 0 Å². The number of hydrogen-bond donors (Lipinski definition) is 2. The Morgan fingerprint density at radius 3 is 2.72 bits per heavy atom. The molecule has 102 valence electrons. The summed E-state index contributed by atoms with van der Waals surface area (Å²) >= 11 is 0. The van der Waals surface area contributed by atoms with Crippen LogP contribution in [0.15, 0.2) is 18.3 Å². The van der Waals surface area contributed by atoms with Crippen LogP contribution >= 0.6 is 0 Å². The predicted molar refractivity (Wildman–Crippen MR) is 62.5 cm³/mol. The number of pyridine rings is 1. The Morgan fingerprint density at radius 2 is 2.06 bits per heavy atom. The highest BCUT2D eigenvalue weighted by Crippen LogP contribution is 2.33. The largest absolute Gasteiger partial charge is 0.419 e. The van der Waals surface area contributed by atoms with E-state index in [9.17, 15) is 13.2 Å². The van der Waals surface area contributed by atoms with Crippen molar-refractivity contribution in [2.45, 2.75) is 6.18 Å². The number of nitrogens with zero attached hydrogens (tertiary/aromatic N) is 1. The number of halogens is 3. The average Bonchev–Trinajstić information content (AvgIpc) is 2.33. The van der Waals surface area contributed by atoms with E-state index in [1.54, 1.807) is 7.11 Å². The molecule has 1 aromatic rings. The first-order valence-corrected chi connectivity index (χ1v) is 5.51. The molecule has 0 radical (unpaired) electrons. The summed E-state index contributed by atoms with van der Waals surface area (Å²) in [6, 6.07) is 2.28. The van der Waals surface area contributed by atoms with Crippen molar-refractivity contribution in [1.29, 1.82) is 0 Å². The molecule has 0 saturated heterocycles. The van der Waals surface area contributed by atoms with E-state index >= 15 is 0 Å². The molecule has 0 aliphatic heterocycles. The second-order valence-corrected chi connectivity index (χ2v) is 3.57. The van der Waals surface area contributed by atoms with Gasteiger partial charge < -0.3 is 15.4 Å². The molecule has 18 heavy (non-hydrogen) atoms. The molecule has 1 rings (SSSR count). The van der Waals surface area contributed by atoms with E-state index in [1.165, 1.54) is 12.3 Å². The fourth-order valence-electron chi connectivity index (χ4n) is 1.34. The van der Waals surface area contributed by atoms with E-state index in [0.717, 1.165) is 6.07 Å². The van der Waals surface area contributed by atoms with Gasteiger partial charge in [-0.15, -0.1) is 0 Å². The molecule has 0 atom stereocenters. The lowest BCUT2D eigenvalue weighted by molar-refractivity contribution is -0.137. The minimum absolute atomic E-state index is 0.140. The number of aromatic nitrogens is 1. The van der Waals surface area contributed by atoms with Crippen LogP contribution in [0, 0.1) is 0 Å². The standard InChI is InChI=1S/C11H16F3N3O/c1-18-8-7-15-5-6-17-10-9(11(12,13)14)3-2-4-16-10/h2-4,15H,5-8H2,1H3,(H,16,17). The lowest BCUT2D eigenvalue weighted by Gasteiger charge is -2.13. The maximum Gasteiger partial charge on any atom is 0.419 e. The third-order valence-corrected chi connectivity index (χ3v) is 2.19. The third kappa shape index (κ3) is 4.89. The number of nitrogens with one attached hydrogen (secondary N) is 2. The first-order chi connectivity index (χ1) is 8.55. The van der Waals surface area contributed by atoms with Crippen molar-refractivity contribution in [3.05, 3.63) is 23.9 Å². The van der Waals surface area contributed by atoms with Gasteiger partial charge in [0.25, 0.3) is 0 Å². The van der Waals surface area contributed by atoms with Crippen molar-refractivity contribution in [3.8, 4) is 0 Å². The highest BCUT2D eigenvalue weighted by Gasteiger charge is 2.33. The quantitative estimate of drug-likeness (QED) is 0.736. The van der Waals surface area contributed by atoms with Gasteiger partial charge in [0.15, 0.2) is 0 Å². The smallest absolute Gasteiger partial charge is 0.383 e. The van der Waals surface area contributed by atoms with Gasteiger partial charge in [-0.25, -0.2) is 4.98 Å². The molecule has 0 bridgehead atoms. The van der Waals surface area contributed by atoms with Crippen LogP contribution in [-0.2, 0) is 10.9 Å². The highest BCUT2D eigenvalue weighted by molar-refractivity contribution is 5.45. The summed E-state index contributed by atoms with van der Waals surface area (Å²) in [6.07, 6.45) is -3.06. The van der Waals surface area contributed by atoms with Crippen LogP contribution in [0.1, 0.15) is 5.56 Å². The zero-order chi connectivity index (χ0) is 13.4. The Kier molecular flexibility index (Phi) is 5.87. The van der Waals surface area contributed by atoms with E-state index in [0.29, 0.717) is 26.2 Å². The fraction of sp³-hybridized carbons (Fsp3) is 0.545. The van der Waals surface area contributed by atoms with Crippen molar-refractivity contribution in [2.24, 2.45) is 0 Å². The van der Waals surface area contributed by atoms with E-state index in [2.05, 4.69) is 15.6 Å². The van der Waals surface area contributed by atoms with Crippen LogP contribution in [0.25, 0.3) is 0 Å². The van der Waals surface area contributed by atoms with Gasteiger partial charge in [0.1, 0.15) is 5.82 Å². The molecule has 0 saturated carbocycles. The molecular weight excluding hydrogens is 247 g/mol. The van der Waals surface area contributed by atoms with Gasteiger partial charge in [0.05, 0.1) is 12.2 Å². The molecule has 1 aromatic heterocycles. The number of ether oxygens (including phenoxy) is 1. The Balaban J connectivity index is 2.43. The van der Waals surface area contributed by atoms with Gasteiger partial charge in [-0.1, -0.05) is 0 Å². The van der Waals surface area contributed by atoms with E-state index in [1.807, 2.05) is 0 Å². The number of hydrogen-bond acceptors (Lipinski definition) is 4. The summed E-state index contributed by atoms with van der Waals surface area (Å²) < 4.78 is 42.7. The molecule has 4 nitrogen and oxygen atoms in total. The Morgan fingerprint density at radius 1 is 1.28 bits per heavy atom. The molecule has 0 spiro atoms. The summed E-state index contributed by atoms with van der Waals surface area (Å²) in [5.74, 6) is -0.140. The Bertz CT molecular complexity index is 358. The average molecular weight is 263 g/mol. The summed E-state index contributed by atoms with van der Waals surface area (Å²) in [4.78, 5) is 3.70. The zero-order valence-electron chi connectivity index (χ0n) is 10.0. The SMILES string of the molecule is COCCNCCNc1ncccc1C(F)(F)F. The predicted octanol–water partition coefficient (Wildman–Crippen LogP) is 1.75. The second-order valence-electron chi connectivity index (χ2n) is 3.57. The van der Waals surface area contributed by atoms with Crippen LogP contribution in [-0.4, -0.2) is 38.3 Å². The topological polar surface area (TPSA) is 46.2 Å². The molecule has 0 fully saturated rings. The van der Waals surface area contributed by atoms with Crippen molar-refractivity contribution in [3.63, 3.8) is 0 Å². The minimum Gasteiger partial charge on any atom is -0.383 e. The molecule has 0 aliphatic carbocycles.